The molecule has 0 unspecified atom stereocenters. The van der Waals surface area contributed by atoms with Crippen molar-refractivity contribution in [3.8, 4) is 22.9 Å². The summed E-state index contributed by atoms with van der Waals surface area (Å²) in [5.41, 5.74) is 1.73. The molecule has 4 rings (SSSR count). The van der Waals surface area contributed by atoms with Gasteiger partial charge in [-0.05, 0) is 31.6 Å². The van der Waals surface area contributed by atoms with Gasteiger partial charge in [0.15, 0.2) is 35.2 Å². The first kappa shape index (κ1) is 24.0. The molecular weight excluding hydrogens is 450 g/mol. The molecule has 0 N–H and O–H groups in total. The normalized spacial score (nSPS) is 15.3. The van der Waals surface area contributed by atoms with E-state index in [2.05, 4.69) is 33.3 Å². The van der Waals surface area contributed by atoms with Gasteiger partial charge in [-0.1, -0.05) is 0 Å². The molecule has 3 heterocycles. The lowest BCUT2D eigenvalue weighted by atomic mass is 10.2. The number of hydrogen-bond donors (Lipinski definition) is 0. The Hall–Kier alpha value is -4.12. The van der Waals surface area contributed by atoms with Crippen molar-refractivity contribution in [2.75, 3.05) is 63.0 Å². The highest BCUT2D eigenvalue weighted by Crippen LogP contribution is 2.40. The van der Waals surface area contributed by atoms with Gasteiger partial charge >= 0.3 is 0 Å². The summed E-state index contributed by atoms with van der Waals surface area (Å²) in [6.45, 7) is 10.8. The number of fused-ring (bicyclic) bond motifs is 1. The number of rotatable bonds is 10. The third-order valence-electron chi connectivity index (χ3n) is 5.49. The van der Waals surface area contributed by atoms with Gasteiger partial charge in [-0.15, -0.1) is 0 Å². The molecular formula is C24H27N7O4. The highest BCUT2D eigenvalue weighted by molar-refractivity contribution is 6.01. The average Bonchev–Trinajstić information content (AvgIpc) is 3.38. The van der Waals surface area contributed by atoms with Gasteiger partial charge in [-0.2, -0.15) is 0 Å². The van der Waals surface area contributed by atoms with Crippen LogP contribution >= 0.6 is 0 Å². The highest BCUT2D eigenvalue weighted by Gasteiger charge is 2.24. The van der Waals surface area contributed by atoms with E-state index in [1.807, 2.05) is 30.1 Å². The lowest BCUT2D eigenvalue weighted by Gasteiger charge is -2.30. The van der Waals surface area contributed by atoms with Gasteiger partial charge < -0.3 is 24.0 Å². The molecule has 0 radical (unpaired) electrons. The Bertz CT molecular complexity index is 1160. The Labute approximate surface area is 203 Å². The maximum atomic E-state index is 11.0. The van der Waals surface area contributed by atoms with E-state index in [-0.39, 0.29) is 6.79 Å². The van der Waals surface area contributed by atoms with Crippen LogP contribution in [0.5, 0.6) is 11.5 Å². The van der Waals surface area contributed by atoms with Crippen molar-refractivity contribution in [3.63, 3.8) is 0 Å². The van der Waals surface area contributed by atoms with E-state index in [0.29, 0.717) is 85.9 Å². The number of likely N-dealkylation sites (N-methyl/N-ethyl adjacent to an activating group) is 1. The fraction of sp³-hybridized carbons (Fsp3) is 0.333. The van der Waals surface area contributed by atoms with Crippen molar-refractivity contribution in [1.82, 2.24) is 9.97 Å². The number of morpholine rings is 1. The molecule has 2 aliphatic rings. The number of carbonyl (C=O) groups excluding carboxylic acids is 1. The topological polar surface area (TPSA) is 114 Å². The summed E-state index contributed by atoms with van der Waals surface area (Å²) in [6, 6.07) is 5.63. The number of allylic oxidation sites excluding steroid dienone is 1. The maximum absolute atomic E-state index is 11.0. The van der Waals surface area contributed by atoms with Gasteiger partial charge in [0.25, 0.3) is 0 Å². The minimum atomic E-state index is 0.191. The number of ether oxygens (including phenoxy) is 3. The first-order chi connectivity index (χ1) is 17.1. The molecule has 2 aromatic rings. The Balaban J connectivity index is 1.67. The van der Waals surface area contributed by atoms with Gasteiger partial charge in [-0.25, -0.2) is 9.97 Å². The molecule has 0 atom stereocenters. The van der Waals surface area contributed by atoms with Crippen LogP contribution in [0.1, 0.15) is 0 Å². The quantitative estimate of drug-likeness (QED) is 0.291. The van der Waals surface area contributed by atoms with Crippen molar-refractivity contribution < 1.29 is 19.0 Å². The van der Waals surface area contributed by atoms with E-state index in [9.17, 15) is 4.79 Å². The van der Waals surface area contributed by atoms with Crippen LogP contribution in [-0.2, 0) is 9.53 Å². The Kier molecular flexibility index (Phi) is 7.78. The third-order valence-corrected chi connectivity index (χ3v) is 5.49. The summed E-state index contributed by atoms with van der Waals surface area (Å²) >= 11 is 0. The third kappa shape index (κ3) is 5.52. The number of anilines is 2. The van der Waals surface area contributed by atoms with E-state index >= 15 is 0 Å². The molecule has 11 nitrogen and oxygen atoms in total. The van der Waals surface area contributed by atoms with Crippen molar-refractivity contribution in [2.45, 2.75) is 0 Å². The fourth-order valence-electron chi connectivity index (χ4n) is 3.68. The SMILES string of the molecule is C=N/C=C(/C=O)C=NCCN(C)c1nc(-c2ccc3c(c2)OCO3)nc(N2CCOCC2)c1N=C. The number of carbonyl (C=O) groups is 1. The van der Waals surface area contributed by atoms with Crippen molar-refractivity contribution >= 4 is 43.3 Å². The van der Waals surface area contributed by atoms with Crippen LogP contribution in [0.2, 0.25) is 0 Å². The zero-order chi connectivity index (χ0) is 24.6. The number of hydrogen-bond acceptors (Lipinski definition) is 11. The van der Waals surface area contributed by atoms with E-state index in [1.54, 1.807) is 0 Å². The molecule has 0 spiro atoms. The molecule has 1 aromatic heterocycles. The van der Waals surface area contributed by atoms with Crippen LogP contribution in [-0.4, -0.2) is 89.1 Å². The minimum Gasteiger partial charge on any atom is -0.454 e. The van der Waals surface area contributed by atoms with Crippen LogP contribution in [0.3, 0.4) is 0 Å². The number of aromatic nitrogens is 2. The Morgan fingerprint density at radius 3 is 2.74 bits per heavy atom. The van der Waals surface area contributed by atoms with Crippen LogP contribution in [0.25, 0.3) is 11.4 Å². The smallest absolute Gasteiger partial charge is 0.231 e. The molecule has 2 aliphatic heterocycles. The summed E-state index contributed by atoms with van der Waals surface area (Å²) in [5, 5.41) is 0. The van der Waals surface area contributed by atoms with Gasteiger partial charge in [0, 0.05) is 44.7 Å². The van der Waals surface area contributed by atoms with Gasteiger partial charge in [0.2, 0.25) is 6.79 Å². The number of benzene rings is 1. The molecule has 0 bridgehead atoms. The van der Waals surface area contributed by atoms with E-state index in [4.69, 9.17) is 24.2 Å². The Morgan fingerprint density at radius 1 is 1.20 bits per heavy atom. The second-order valence-electron chi connectivity index (χ2n) is 7.75. The van der Waals surface area contributed by atoms with Gasteiger partial charge in [0.1, 0.15) is 5.69 Å². The maximum Gasteiger partial charge on any atom is 0.231 e. The number of aldehydes is 1. The van der Waals surface area contributed by atoms with Crippen LogP contribution in [0.4, 0.5) is 17.3 Å². The summed E-state index contributed by atoms with van der Waals surface area (Å²) in [4.78, 5) is 37.0. The molecule has 11 heteroatoms. The predicted molar refractivity (Wildman–Crippen MR) is 136 cm³/mol. The molecule has 182 valence electrons. The lowest BCUT2D eigenvalue weighted by molar-refractivity contribution is -0.104. The second kappa shape index (κ2) is 11.3. The standard InChI is InChI=1S/C24H27N7O4/c1-25-13-17(15-32)14-27-6-7-30(3)23-21(26-2)24(31-8-10-33-11-9-31)29-22(28-23)18-4-5-19-20(12-18)35-16-34-19/h4-5,12-15H,1-2,6-11,16H2,3H3/b17-13+,27-14?. The molecule has 0 saturated carbocycles. The van der Waals surface area contributed by atoms with E-state index in [0.717, 1.165) is 5.56 Å². The highest BCUT2D eigenvalue weighted by atomic mass is 16.7. The molecule has 1 fully saturated rings. The first-order valence-electron chi connectivity index (χ1n) is 11.1. The molecule has 1 aromatic carbocycles. The van der Waals surface area contributed by atoms with Crippen molar-refractivity contribution in [2.24, 2.45) is 15.0 Å². The lowest BCUT2D eigenvalue weighted by Crippen LogP contribution is -2.37. The van der Waals surface area contributed by atoms with E-state index < -0.39 is 0 Å². The average molecular weight is 478 g/mol. The first-order valence-corrected chi connectivity index (χ1v) is 11.1. The molecule has 1 saturated heterocycles. The molecule has 35 heavy (non-hydrogen) atoms. The minimum absolute atomic E-state index is 0.191. The molecule has 0 aliphatic carbocycles. The van der Waals surface area contributed by atoms with Gasteiger partial charge in [-0.3, -0.25) is 19.8 Å². The zero-order valence-electron chi connectivity index (χ0n) is 19.6. The predicted octanol–water partition coefficient (Wildman–Crippen LogP) is 2.33. The van der Waals surface area contributed by atoms with E-state index in [1.165, 1.54) is 12.4 Å². The monoisotopic (exact) mass is 477 g/mol. The summed E-state index contributed by atoms with van der Waals surface area (Å²) < 4.78 is 16.5. The van der Waals surface area contributed by atoms with Crippen molar-refractivity contribution in [3.05, 3.63) is 30.0 Å². The van der Waals surface area contributed by atoms with Crippen LogP contribution in [0, 0.1) is 0 Å². The number of nitrogens with zero attached hydrogens (tertiary/aromatic N) is 7. The summed E-state index contributed by atoms with van der Waals surface area (Å²) in [7, 11) is 1.90. The summed E-state index contributed by atoms with van der Waals surface area (Å²) in [6.07, 6.45) is 3.51. The van der Waals surface area contributed by atoms with Crippen LogP contribution in [0.15, 0.2) is 44.9 Å². The largest absolute Gasteiger partial charge is 0.454 e. The summed E-state index contributed by atoms with van der Waals surface area (Å²) in [5.74, 6) is 3.20. The molecule has 0 amide bonds. The fourth-order valence-corrected chi connectivity index (χ4v) is 3.68. The Morgan fingerprint density at radius 2 is 2.00 bits per heavy atom. The zero-order valence-corrected chi connectivity index (χ0v) is 19.6. The van der Waals surface area contributed by atoms with Gasteiger partial charge in [0.05, 0.1) is 25.3 Å². The second-order valence-corrected chi connectivity index (χ2v) is 7.75. The number of aliphatic imine (C=N–C) groups is 3. The van der Waals surface area contributed by atoms with Crippen LogP contribution < -0.4 is 19.3 Å². The van der Waals surface area contributed by atoms with Crippen molar-refractivity contribution in [1.29, 1.82) is 0 Å².